The Labute approximate surface area is 174 Å². The summed E-state index contributed by atoms with van der Waals surface area (Å²) in [6.07, 6.45) is 2.80. The van der Waals surface area contributed by atoms with Crippen LogP contribution in [-0.4, -0.2) is 34.2 Å². The van der Waals surface area contributed by atoms with Crippen molar-refractivity contribution >= 4 is 27.8 Å². The summed E-state index contributed by atoms with van der Waals surface area (Å²) < 4.78 is 37.7. The van der Waals surface area contributed by atoms with Gasteiger partial charge in [-0.1, -0.05) is 17.7 Å². The summed E-state index contributed by atoms with van der Waals surface area (Å²) in [6.45, 7) is 1.44. The normalized spacial score (nSPS) is 11.4. The molecule has 0 saturated heterocycles. The summed E-state index contributed by atoms with van der Waals surface area (Å²) in [5, 5.41) is 3.80. The van der Waals surface area contributed by atoms with Gasteiger partial charge in [0.2, 0.25) is 0 Å². The van der Waals surface area contributed by atoms with E-state index >= 15 is 0 Å². The van der Waals surface area contributed by atoms with Crippen LogP contribution in [0.5, 0.6) is 5.75 Å². The van der Waals surface area contributed by atoms with Crippen molar-refractivity contribution in [3.8, 4) is 5.75 Å². The third-order valence-electron chi connectivity index (χ3n) is 4.18. The number of sulfonamides is 1. The van der Waals surface area contributed by atoms with Gasteiger partial charge in [0, 0.05) is 0 Å². The van der Waals surface area contributed by atoms with Crippen molar-refractivity contribution in [3.05, 3.63) is 78.3 Å². The van der Waals surface area contributed by atoms with Gasteiger partial charge in [-0.15, -0.1) is 0 Å². The second kappa shape index (κ2) is 9.27. The zero-order chi connectivity index (χ0) is 21.6. The van der Waals surface area contributed by atoms with E-state index in [1.165, 1.54) is 31.7 Å². The topological polar surface area (TPSA) is 101 Å². The van der Waals surface area contributed by atoms with Crippen LogP contribution in [0.2, 0.25) is 0 Å². The minimum absolute atomic E-state index is 0.0377. The van der Waals surface area contributed by atoms with Gasteiger partial charge in [0.25, 0.3) is 15.9 Å². The maximum Gasteiger partial charge on any atom is 0.264 e. The number of ether oxygens (including phenoxy) is 1. The second-order valence-electron chi connectivity index (χ2n) is 6.33. The fourth-order valence-corrected chi connectivity index (χ4v) is 4.02. The molecule has 0 aliphatic carbocycles. The smallest absolute Gasteiger partial charge is 0.264 e. The number of hydrogen-bond acceptors (Lipinski definition) is 6. The third kappa shape index (κ3) is 5.06. The monoisotopic (exact) mass is 427 g/mol. The van der Waals surface area contributed by atoms with E-state index < -0.39 is 22.5 Å². The number of carbonyl (C=O) groups excluding carboxylic acids is 1. The molecule has 1 heterocycles. The Morgan fingerprint density at radius 3 is 2.43 bits per heavy atom. The summed E-state index contributed by atoms with van der Waals surface area (Å²) in [5.74, 6) is 0.382. The lowest BCUT2D eigenvalue weighted by Crippen LogP contribution is -2.39. The number of aryl methyl sites for hydroxylation is 1. The second-order valence-corrected chi connectivity index (χ2v) is 8.19. The highest BCUT2D eigenvalue weighted by Gasteiger charge is 2.27. The number of hydrazone groups is 1. The number of benzene rings is 2. The summed E-state index contributed by atoms with van der Waals surface area (Å²) in [5.41, 5.74) is 3.65. The van der Waals surface area contributed by atoms with Gasteiger partial charge < -0.3 is 9.15 Å². The molecular formula is C21H21N3O5S. The Bertz CT molecular complexity index is 1110. The highest BCUT2D eigenvalue weighted by atomic mass is 32.2. The van der Waals surface area contributed by atoms with Gasteiger partial charge in [0.1, 0.15) is 18.1 Å². The zero-order valence-electron chi connectivity index (χ0n) is 16.5. The van der Waals surface area contributed by atoms with E-state index in [4.69, 9.17) is 9.15 Å². The highest BCUT2D eigenvalue weighted by Crippen LogP contribution is 2.25. The lowest BCUT2D eigenvalue weighted by atomic mass is 10.2. The van der Waals surface area contributed by atoms with Crippen LogP contribution in [0.25, 0.3) is 0 Å². The zero-order valence-corrected chi connectivity index (χ0v) is 17.3. The molecule has 9 heteroatoms. The van der Waals surface area contributed by atoms with E-state index in [1.54, 1.807) is 48.5 Å². The van der Waals surface area contributed by atoms with Crippen LogP contribution in [0.3, 0.4) is 0 Å². The first kappa shape index (κ1) is 21.1. The molecule has 0 bridgehead atoms. The first-order valence-electron chi connectivity index (χ1n) is 8.99. The lowest BCUT2D eigenvalue weighted by Gasteiger charge is -2.24. The van der Waals surface area contributed by atoms with Crippen molar-refractivity contribution < 1.29 is 22.4 Å². The van der Waals surface area contributed by atoms with Crippen LogP contribution in [-0.2, 0) is 14.8 Å². The van der Waals surface area contributed by atoms with Crippen molar-refractivity contribution in [2.75, 3.05) is 18.0 Å². The number of nitrogens with zero attached hydrogens (tertiary/aromatic N) is 2. The molecular weight excluding hydrogens is 406 g/mol. The van der Waals surface area contributed by atoms with Crippen molar-refractivity contribution in [3.63, 3.8) is 0 Å². The van der Waals surface area contributed by atoms with Gasteiger partial charge in [0.15, 0.2) is 0 Å². The van der Waals surface area contributed by atoms with Gasteiger partial charge in [-0.2, -0.15) is 5.10 Å². The summed E-state index contributed by atoms with van der Waals surface area (Å²) >= 11 is 0. The predicted molar refractivity (Wildman–Crippen MR) is 113 cm³/mol. The van der Waals surface area contributed by atoms with Gasteiger partial charge in [-0.25, -0.2) is 13.8 Å². The van der Waals surface area contributed by atoms with E-state index in [9.17, 15) is 13.2 Å². The largest absolute Gasteiger partial charge is 0.497 e. The van der Waals surface area contributed by atoms with Gasteiger partial charge in [-0.05, 0) is 55.5 Å². The molecule has 0 fully saturated rings. The minimum Gasteiger partial charge on any atom is -0.497 e. The molecule has 0 aliphatic rings. The molecule has 3 rings (SSSR count). The molecule has 30 heavy (non-hydrogen) atoms. The number of furan rings is 1. The molecule has 1 aromatic heterocycles. The van der Waals surface area contributed by atoms with Crippen molar-refractivity contribution in [1.29, 1.82) is 0 Å². The van der Waals surface area contributed by atoms with E-state index in [-0.39, 0.29) is 4.90 Å². The molecule has 1 N–H and O–H groups in total. The van der Waals surface area contributed by atoms with E-state index in [0.717, 1.165) is 9.87 Å². The van der Waals surface area contributed by atoms with E-state index in [2.05, 4.69) is 10.5 Å². The average molecular weight is 427 g/mol. The number of nitrogens with one attached hydrogen (secondary N) is 1. The highest BCUT2D eigenvalue weighted by molar-refractivity contribution is 7.92. The Kier molecular flexibility index (Phi) is 6.53. The molecule has 0 unspecified atom stereocenters. The first-order chi connectivity index (χ1) is 14.4. The number of amides is 1. The maximum absolute atomic E-state index is 13.3. The standard InChI is InChI=1S/C21H21N3O5S/c1-16-5-7-17(8-6-16)24(15-21(25)23-22-14-19-4-3-13-29-19)30(26,27)20-11-9-18(28-2)10-12-20/h3-14H,15H2,1-2H3,(H,23,25)/b22-14-. The molecule has 0 spiro atoms. The van der Waals surface area contributed by atoms with Crippen molar-refractivity contribution in [1.82, 2.24) is 5.43 Å². The van der Waals surface area contributed by atoms with E-state index in [1.807, 2.05) is 6.92 Å². The van der Waals surface area contributed by atoms with Crippen LogP contribution >= 0.6 is 0 Å². The molecule has 156 valence electrons. The Morgan fingerprint density at radius 2 is 1.83 bits per heavy atom. The molecule has 2 aromatic carbocycles. The maximum atomic E-state index is 13.3. The average Bonchev–Trinajstić information content (AvgIpc) is 3.26. The van der Waals surface area contributed by atoms with E-state index in [0.29, 0.717) is 17.2 Å². The van der Waals surface area contributed by atoms with Crippen LogP contribution in [0.4, 0.5) is 5.69 Å². The first-order valence-corrected chi connectivity index (χ1v) is 10.4. The minimum atomic E-state index is -4.01. The molecule has 0 aliphatic heterocycles. The van der Waals surface area contributed by atoms with Crippen LogP contribution in [0.15, 0.2) is 81.3 Å². The van der Waals surface area contributed by atoms with Crippen molar-refractivity contribution in [2.45, 2.75) is 11.8 Å². The van der Waals surface area contributed by atoms with Crippen LogP contribution < -0.4 is 14.5 Å². The predicted octanol–water partition coefficient (Wildman–Crippen LogP) is 2.94. The molecule has 1 amide bonds. The molecule has 0 radical (unpaired) electrons. The Morgan fingerprint density at radius 1 is 1.13 bits per heavy atom. The third-order valence-corrected chi connectivity index (χ3v) is 5.97. The number of hydrogen-bond donors (Lipinski definition) is 1. The molecule has 3 aromatic rings. The SMILES string of the molecule is COc1ccc(S(=O)(=O)N(CC(=O)N/N=C\c2ccco2)c2ccc(C)cc2)cc1. The Balaban J connectivity index is 1.86. The summed E-state index contributed by atoms with van der Waals surface area (Å²) in [6, 6.07) is 16.2. The number of methoxy groups -OCH3 is 1. The lowest BCUT2D eigenvalue weighted by molar-refractivity contribution is -0.119. The van der Waals surface area contributed by atoms with Crippen molar-refractivity contribution in [2.24, 2.45) is 5.10 Å². The molecule has 0 saturated carbocycles. The Hall–Kier alpha value is -3.59. The molecule has 8 nitrogen and oxygen atoms in total. The summed E-state index contributed by atoms with van der Waals surface area (Å²) in [4.78, 5) is 12.5. The van der Waals surface area contributed by atoms with Gasteiger partial charge >= 0.3 is 0 Å². The van der Waals surface area contributed by atoms with Crippen LogP contribution in [0, 0.1) is 6.92 Å². The number of rotatable bonds is 8. The fourth-order valence-electron chi connectivity index (χ4n) is 2.60. The summed E-state index contributed by atoms with van der Waals surface area (Å²) in [7, 11) is -2.51. The fraction of sp³-hybridized carbons (Fsp3) is 0.143. The van der Waals surface area contributed by atoms with Gasteiger partial charge in [-0.3, -0.25) is 9.10 Å². The number of anilines is 1. The van der Waals surface area contributed by atoms with Gasteiger partial charge in [0.05, 0.1) is 30.2 Å². The van der Waals surface area contributed by atoms with Crippen LogP contribution in [0.1, 0.15) is 11.3 Å². The quantitative estimate of drug-likeness (QED) is 0.440. The number of carbonyl (C=O) groups is 1. The molecule has 0 atom stereocenters.